The quantitative estimate of drug-likeness (QED) is 0.872. The summed E-state index contributed by atoms with van der Waals surface area (Å²) in [5, 5.41) is 3.52. The number of nitrogens with one attached hydrogen (secondary N) is 1. The van der Waals surface area contributed by atoms with Crippen LogP contribution in [0.15, 0.2) is 24.3 Å². The number of likely N-dealkylation sites (tertiary alicyclic amines) is 1. The Hall–Kier alpha value is -0.810. The van der Waals surface area contributed by atoms with E-state index in [1.165, 1.54) is 6.42 Å². The van der Waals surface area contributed by atoms with Gasteiger partial charge in [-0.25, -0.2) is 0 Å². The van der Waals surface area contributed by atoms with Gasteiger partial charge in [-0.15, -0.1) is 12.4 Å². The van der Waals surface area contributed by atoms with E-state index in [1.807, 2.05) is 12.1 Å². The summed E-state index contributed by atoms with van der Waals surface area (Å²) in [6.45, 7) is 2.09. The van der Waals surface area contributed by atoms with Crippen molar-refractivity contribution in [2.75, 3.05) is 25.0 Å². The number of nitrogens with two attached hydrogens (primary N) is 1. The highest BCUT2D eigenvalue weighted by Gasteiger charge is 2.23. The van der Waals surface area contributed by atoms with E-state index >= 15 is 0 Å². The summed E-state index contributed by atoms with van der Waals surface area (Å²) in [6.07, 6.45) is 4.49. The van der Waals surface area contributed by atoms with Gasteiger partial charge in [0.05, 0.1) is 6.54 Å². The lowest BCUT2D eigenvalue weighted by Crippen LogP contribution is -2.44. The van der Waals surface area contributed by atoms with Gasteiger partial charge in [-0.3, -0.25) is 9.69 Å². The van der Waals surface area contributed by atoms with Crippen molar-refractivity contribution in [2.45, 2.75) is 31.7 Å². The smallest absolute Gasteiger partial charge is 0.238 e. The van der Waals surface area contributed by atoms with Crippen molar-refractivity contribution in [3.63, 3.8) is 0 Å². The Bertz CT molecular complexity index is 454. The van der Waals surface area contributed by atoms with Gasteiger partial charge < -0.3 is 11.1 Å². The molecule has 1 aromatic carbocycles. The van der Waals surface area contributed by atoms with Crippen LogP contribution in [0.5, 0.6) is 0 Å². The van der Waals surface area contributed by atoms with Crippen molar-refractivity contribution in [3.8, 4) is 0 Å². The molecule has 1 aliphatic rings. The lowest BCUT2D eigenvalue weighted by atomic mass is 9.99. The zero-order valence-electron chi connectivity index (χ0n) is 12.1. The molecule has 0 radical (unpaired) electrons. The van der Waals surface area contributed by atoms with E-state index in [2.05, 4.69) is 10.2 Å². The van der Waals surface area contributed by atoms with Crippen molar-refractivity contribution in [1.29, 1.82) is 0 Å². The molecule has 1 unspecified atom stereocenters. The summed E-state index contributed by atoms with van der Waals surface area (Å²) >= 11 is 5.91. The molecule has 2 rings (SSSR count). The van der Waals surface area contributed by atoms with Gasteiger partial charge >= 0.3 is 0 Å². The number of hydrogen-bond acceptors (Lipinski definition) is 3. The van der Waals surface area contributed by atoms with Crippen LogP contribution >= 0.6 is 24.0 Å². The van der Waals surface area contributed by atoms with E-state index in [0.717, 1.165) is 31.5 Å². The Kier molecular flexibility index (Phi) is 8.04. The van der Waals surface area contributed by atoms with E-state index in [1.54, 1.807) is 12.1 Å². The third kappa shape index (κ3) is 5.83. The van der Waals surface area contributed by atoms with Crippen LogP contribution in [0.3, 0.4) is 0 Å². The third-order valence-corrected chi connectivity index (χ3v) is 3.94. The van der Waals surface area contributed by atoms with Crippen LogP contribution in [0.1, 0.15) is 25.7 Å². The zero-order valence-corrected chi connectivity index (χ0v) is 13.6. The molecule has 4 nitrogen and oxygen atoms in total. The molecule has 118 valence electrons. The Morgan fingerprint density at radius 1 is 1.43 bits per heavy atom. The highest BCUT2D eigenvalue weighted by molar-refractivity contribution is 6.30. The van der Waals surface area contributed by atoms with Crippen LogP contribution in [-0.2, 0) is 4.79 Å². The Labute approximate surface area is 137 Å². The lowest BCUT2D eigenvalue weighted by molar-refractivity contribution is -0.118. The van der Waals surface area contributed by atoms with Gasteiger partial charge in [0, 0.05) is 16.8 Å². The molecule has 3 N–H and O–H groups in total. The molecule has 0 aromatic heterocycles. The number of benzene rings is 1. The third-order valence-electron chi connectivity index (χ3n) is 3.70. The maximum atomic E-state index is 12.1. The predicted octanol–water partition coefficient (Wildman–Crippen LogP) is 2.90. The number of hydrogen-bond donors (Lipinski definition) is 2. The molecule has 21 heavy (non-hydrogen) atoms. The van der Waals surface area contributed by atoms with Crippen LogP contribution in [0.4, 0.5) is 5.69 Å². The summed E-state index contributed by atoms with van der Waals surface area (Å²) < 4.78 is 0. The molecular weight excluding hydrogens is 309 g/mol. The van der Waals surface area contributed by atoms with Crippen LogP contribution in [0.2, 0.25) is 5.02 Å². The minimum absolute atomic E-state index is 0. The fourth-order valence-corrected chi connectivity index (χ4v) is 2.93. The molecule has 0 spiro atoms. The average Bonchev–Trinajstić information content (AvgIpc) is 2.41. The summed E-state index contributed by atoms with van der Waals surface area (Å²) in [5.74, 6) is 0.0104. The first-order valence-corrected chi connectivity index (χ1v) is 7.56. The number of anilines is 1. The monoisotopic (exact) mass is 331 g/mol. The summed E-state index contributed by atoms with van der Waals surface area (Å²) in [6, 6.07) is 7.67. The van der Waals surface area contributed by atoms with Gasteiger partial charge in [0.1, 0.15) is 0 Å². The van der Waals surface area contributed by atoms with Crippen LogP contribution in [0.25, 0.3) is 0 Å². The fraction of sp³-hybridized carbons (Fsp3) is 0.533. The van der Waals surface area contributed by atoms with Gasteiger partial charge in [0.25, 0.3) is 0 Å². The van der Waals surface area contributed by atoms with Crippen LogP contribution < -0.4 is 11.1 Å². The van der Waals surface area contributed by atoms with Gasteiger partial charge in [-0.2, -0.15) is 0 Å². The van der Waals surface area contributed by atoms with E-state index in [9.17, 15) is 4.79 Å². The zero-order chi connectivity index (χ0) is 14.4. The second-order valence-corrected chi connectivity index (χ2v) is 5.69. The lowest BCUT2D eigenvalue weighted by Gasteiger charge is -2.35. The summed E-state index contributed by atoms with van der Waals surface area (Å²) in [5.41, 5.74) is 6.40. The number of nitrogens with zero attached hydrogens (tertiary/aromatic N) is 1. The molecule has 1 aromatic rings. The van der Waals surface area contributed by atoms with E-state index in [0.29, 0.717) is 24.2 Å². The van der Waals surface area contributed by atoms with Crippen molar-refractivity contribution >= 4 is 35.6 Å². The maximum Gasteiger partial charge on any atom is 0.238 e. The number of carbonyl (C=O) groups is 1. The van der Waals surface area contributed by atoms with Crippen molar-refractivity contribution < 1.29 is 4.79 Å². The van der Waals surface area contributed by atoms with Crippen molar-refractivity contribution in [2.24, 2.45) is 5.73 Å². The second-order valence-electron chi connectivity index (χ2n) is 5.26. The topological polar surface area (TPSA) is 58.4 Å². The highest BCUT2D eigenvalue weighted by Crippen LogP contribution is 2.19. The molecule has 6 heteroatoms. The molecule has 1 heterocycles. The number of rotatable bonds is 5. The molecule has 0 saturated carbocycles. The molecule has 1 amide bonds. The molecule has 1 fully saturated rings. The largest absolute Gasteiger partial charge is 0.330 e. The Morgan fingerprint density at radius 2 is 2.24 bits per heavy atom. The van der Waals surface area contributed by atoms with Gasteiger partial charge in [0.15, 0.2) is 0 Å². The minimum atomic E-state index is 0. The normalized spacial score (nSPS) is 18.9. The number of amides is 1. The molecular formula is C15H23Cl2N3O. The SMILES string of the molecule is Cl.NCCC1CCCCN1CC(=O)Nc1cccc(Cl)c1. The fourth-order valence-electron chi connectivity index (χ4n) is 2.74. The van der Waals surface area contributed by atoms with Gasteiger partial charge in [-0.1, -0.05) is 24.1 Å². The first-order valence-electron chi connectivity index (χ1n) is 7.18. The van der Waals surface area contributed by atoms with Gasteiger partial charge in [0.2, 0.25) is 5.91 Å². The molecule has 0 bridgehead atoms. The number of piperidine rings is 1. The molecule has 0 aliphatic carbocycles. The average molecular weight is 332 g/mol. The van der Waals surface area contributed by atoms with E-state index in [-0.39, 0.29) is 18.3 Å². The summed E-state index contributed by atoms with van der Waals surface area (Å²) in [4.78, 5) is 14.4. The van der Waals surface area contributed by atoms with Crippen molar-refractivity contribution in [1.82, 2.24) is 4.90 Å². The molecule has 1 atom stereocenters. The maximum absolute atomic E-state index is 12.1. The summed E-state index contributed by atoms with van der Waals surface area (Å²) in [7, 11) is 0. The number of carbonyl (C=O) groups excluding carboxylic acids is 1. The Balaban J connectivity index is 0.00000220. The van der Waals surface area contributed by atoms with Crippen molar-refractivity contribution in [3.05, 3.63) is 29.3 Å². The number of halogens is 2. The highest BCUT2D eigenvalue weighted by atomic mass is 35.5. The first kappa shape index (κ1) is 18.2. The second kappa shape index (κ2) is 9.26. The molecule has 1 saturated heterocycles. The van der Waals surface area contributed by atoms with Crippen LogP contribution in [-0.4, -0.2) is 36.5 Å². The predicted molar refractivity (Wildman–Crippen MR) is 90.2 cm³/mol. The standard InChI is InChI=1S/C15H22ClN3O.ClH/c16-12-4-3-5-13(10-12)18-15(20)11-19-9-2-1-6-14(19)7-8-17;/h3-5,10,14H,1-2,6-9,11,17H2,(H,18,20);1H. The van der Waals surface area contributed by atoms with Crippen LogP contribution in [0, 0.1) is 0 Å². The van der Waals surface area contributed by atoms with E-state index < -0.39 is 0 Å². The van der Waals surface area contributed by atoms with Gasteiger partial charge in [-0.05, 0) is 50.6 Å². The Morgan fingerprint density at radius 3 is 2.95 bits per heavy atom. The molecule has 1 aliphatic heterocycles. The first-order chi connectivity index (χ1) is 9.69. The van der Waals surface area contributed by atoms with E-state index in [4.69, 9.17) is 17.3 Å². The minimum Gasteiger partial charge on any atom is -0.330 e.